The third kappa shape index (κ3) is 2.63. The maximum Gasteiger partial charge on any atom is 0.144 e. The molecule has 5 nitrogen and oxygen atoms in total. The van der Waals surface area contributed by atoms with E-state index in [-0.39, 0.29) is 11.1 Å². The first-order chi connectivity index (χ1) is 13.5. The fraction of sp³-hybridized carbons (Fsp3) is 0.609. The first-order valence-electron chi connectivity index (χ1n) is 10.8. The summed E-state index contributed by atoms with van der Waals surface area (Å²) in [5, 5.41) is 5.08. The van der Waals surface area contributed by atoms with Crippen molar-refractivity contribution in [1.82, 2.24) is 15.2 Å². The van der Waals surface area contributed by atoms with E-state index < -0.39 is 0 Å². The molecule has 0 bridgehead atoms. The Labute approximate surface area is 168 Å². The number of aromatic nitrogens is 1. The van der Waals surface area contributed by atoms with E-state index in [0.29, 0.717) is 6.17 Å². The highest BCUT2D eigenvalue weighted by Gasteiger charge is 2.55. The standard InChI is InChI=1S/C23H32N4O/c1-22(2)23(12-11-20(25-16-23)27-14-5-4-6-15-27)26(3)21-17-8-7-13-24-18(17)9-10-19(21)28-22/h7-10,13,20,25H,4-6,11-12,14-16H2,1-3H3. The number of benzene rings is 1. The summed E-state index contributed by atoms with van der Waals surface area (Å²) in [4.78, 5) is 9.71. The van der Waals surface area contributed by atoms with Gasteiger partial charge in [-0.05, 0) is 76.9 Å². The number of likely N-dealkylation sites (N-methyl/N-ethyl adjacent to an activating group) is 1. The number of pyridine rings is 1. The molecule has 4 heterocycles. The average molecular weight is 381 g/mol. The predicted octanol–water partition coefficient (Wildman–Crippen LogP) is 3.78. The van der Waals surface area contributed by atoms with E-state index in [2.05, 4.69) is 59.2 Å². The molecule has 1 aromatic carbocycles. The van der Waals surface area contributed by atoms with E-state index >= 15 is 0 Å². The highest BCUT2D eigenvalue weighted by molar-refractivity contribution is 5.96. The Kier molecular flexibility index (Phi) is 4.29. The quantitative estimate of drug-likeness (QED) is 0.815. The van der Waals surface area contributed by atoms with Crippen LogP contribution in [0.15, 0.2) is 30.5 Å². The van der Waals surface area contributed by atoms with Crippen LogP contribution in [-0.2, 0) is 0 Å². The van der Waals surface area contributed by atoms with Gasteiger partial charge >= 0.3 is 0 Å². The molecule has 2 fully saturated rings. The van der Waals surface area contributed by atoms with Crippen LogP contribution in [0.4, 0.5) is 5.69 Å². The molecule has 2 aromatic rings. The van der Waals surface area contributed by atoms with Gasteiger partial charge in [0.1, 0.15) is 11.4 Å². The van der Waals surface area contributed by atoms with Gasteiger partial charge in [-0.15, -0.1) is 0 Å². The number of hydrogen-bond acceptors (Lipinski definition) is 5. The molecular weight excluding hydrogens is 348 g/mol. The van der Waals surface area contributed by atoms with E-state index in [0.717, 1.165) is 30.7 Å². The number of ether oxygens (including phenoxy) is 1. The minimum atomic E-state index is -0.273. The maximum atomic E-state index is 6.65. The van der Waals surface area contributed by atoms with Crippen LogP contribution in [0.3, 0.4) is 0 Å². The zero-order chi connectivity index (χ0) is 19.4. The molecule has 1 spiro atoms. The number of likely N-dealkylation sites (tertiary alicyclic amines) is 1. The number of hydrogen-bond donors (Lipinski definition) is 1. The van der Waals surface area contributed by atoms with Gasteiger partial charge in [-0.3, -0.25) is 15.2 Å². The number of anilines is 1. The minimum absolute atomic E-state index is 0.0730. The van der Waals surface area contributed by atoms with Crippen molar-refractivity contribution in [3.05, 3.63) is 30.5 Å². The Morgan fingerprint density at radius 1 is 1.14 bits per heavy atom. The molecular formula is C23H32N4O. The third-order valence-electron chi connectivity index (χ3n) is 7.48. The first kappa shape index (κ1) is 18.2. The van der Waals surface area contributed by atoms with E-state index in [1.807, 2.05) is 12.3 Å². The highest BCUT2D eigenvalue weighted by atomic mass is 16.5. The van der Waals surface area contributed by atoms with E-state index in [1.165, 1.54) is 43.4 Å². The van der Waals surface area contributed by atoms with Gasteiger partial charge in [-0.25, -0.2) is 0 Å². The van der Waals surface area contributed by atoms with Gasteiger partial charge in [0.15, 0.2) is 0 Å². The monoisotopic (exact) mass is 380 g/mol. The Balaban J connectivity index is 1.49. The molecule has 3 aliphatic rings. The van der Waals surface area contributed by atoms with Crippen molar-refractivity contribution in [1.29, 1.82) is 0 Å². The summed E-state index contributed by atoms with van der Waals surface area (Å²) in [5.41, 5.74) is 1.87. The second-order valence-electron chi connectivity index (χ2n) is 9.22. The molecule has 1 N–H and O–H groups in total. The van der Waals surface area contributed by atoms with Crippen molar-refractivity contribution in [2.45, 2.75) is 63.3 Å². The number of fused-ring (bicyclic) bond motifs is 3. The Morgan fingerprint density at radius 3 is 2.71 bits per heavy atom. The van der Waals surface area contributed by atoms with Crippen LogP contribution in [0.5, 0.6) is 5.75 Å². The van der Waals surface area contributed by atoms with Gasteiger partial charge in [-0.1, -0.05) is 6.42 Å². The number of piperidine rings is 2. The average Bonchev–Trinajstić information content (AvgIpc) is 2.73. The van der Waals surface area contributed by atoms with Crippen molar-refractivity contribution >= 4 is 16.6 Å². The Bertz CT molecular complexity index is 866. The lowest BCUT2D eigenvalue weighted by molar-refractivity contribution is -0.0252. The van der Waals surface area contributed by atoms with Crippen molar-refractivity contribution in [2.75, 3.05) is 31.6 Å². The van der Waals surface area contributed by atoms with Crippen molar-refractivity contribution in [2.24, 2.45) is 0 Å². The Morgan fingerprint density at radius 2 is 1.96 bits per heavy atom. The number of nitrogens with zero attached hydrogens (tertiary/aromatic N) is 3. The van der Waals surface area contributed by atoms with Crippen molar-refractivity contribution < 1.29 is 4.74 Å². The molecule has 5 rings (SSSR count). The molecule has 0 radical (unpaired) electrons. The van der Waals surface area contributed by atoms with Gasteiger partial charge in [0, 0.05) is 25.2 Å². The second kappa shape index (κ2) is 6.60. The van der Waals surface area contributed by atoms with E-state index in [9.17, 15) is 0 Å². The van der Waals surface area contributed by atoms with Gasteiger partial charge in [0.2, 0.25) is 0 Å². The normalized spacial score (nSPS) is 30.2. The smallest absolute Gasteiger partial charge is 0.144 e. The lowest BCUT2D eigenvalue weighted by atomic mass is 9.73. The van der Waals surface area contributed by atoms with Crippen molar-refractivity contribution in [3.8, 4) is 5.75 Å². The summed E-state index contributed by atoms with van der Waals surface area (Å²) in [5.74, 6) is 0.969. The molecule has 28 heavy (non-hydrogen) atoms. The molecule has 2 unspecified atom stereocenters. The molecule has 1 aromatic heterocycles. The second-order valence-corrected chi connectivity index (χ2v) is 9.22. The lowest BCUT2D eigenvalue weighted by Crippen LogP contribution is -2.73. The van der Waals surface area contributed by atoms with Crippen LogP contribution < -0.4 is 15.0 Å². The molecule has 2 atom stereocenters. The summed E-state index contributed by atoms with van der Waals surface area (Å²) in [6, 6.07) is 8.35. The molecule has 0 amide bonds. The zero-order valence-corrected chi connectivity index (χ0v) is 17.4. The molecule has 0 saturated carbocycles. The van der Waals surface area contributed by atoms with Crippen LogP contribution in [0.1, 0.15) is 46.0 Å². The summed E-state index contributed by atoms with van der Waals surface area (Å²) >= 11 is 0. The highest BCUT2D eigenvalue weighted by Crippen LogP contribution is 2.50. The topological polar surface area (TPSA) is 40.6 Å². The molecule has 0 aliphatic carbocycles. The van der Waals surface area contributed by atoms with Gasteiger partial charge < -0.3 is 9.64 Å². The molecule has 3 aliphatic heterocycles. The maximum absolute atomic E-state index is 6.65. The SMILES string of the molecule is CN1c2c(ccc3ncccc23)OC(C)(C)C12CCC(N1CCCCC1)NC2. The predicted molar refractivity (Wildman–Crippen MR) is 114 cm³/mol. The summed E-state index contributed by atoms with van der Waals surface area (Å²) in [6.07, 6.45) is 8.72. The fourth-order valence-corrected chi connectivity index (χ4v) is 5.73. The minimum Gasteiger partial charge on any atom is -0.483 e. The number of nitrogens with one attached hydrogen (secondary N) is 1. The third-order valence-corrected chi connectivity index (χ3v) is 7.48. The van der Waals surface area contributed by atoms with Crippen molar-refractivity contribution in [3.63, 3.8) is 0 Å². The van der Waals surface area contributed by atoms with Crippen LogP contribution in [0.2, 0.25) is 0 Å². The zero-order valence-electron chi connectivity index (χ0n) is 17.4. The summed E-state index contributed by atoms with van der Waals surface area (Å²) < 4.78 is 6.65. The lowest BCUT2D eigenvalue weighted by Gasteiger charge is -2.59. The summed E-state index contributed by atoms with van der Waals surface area (Å²) in [6.45, 7) is 7.92. The van der Waals surface area contributed by atoms with Crippen LogP contribution in [0.25, 0.3) is 10.9 Å². The van der Waals surface area contributed by atoms with E-state index in [1.54, 1.807) is 0 Å². The Hall–Kier alpha value is -1.85. The van der Waals surface area contributed by atoms with Crippen LogP contribution in [-0.4, -0.2) is 53.9 Å². The summed E-state index contributed by atoms with van der Waals surface area (Å²) in [7, 11) is 2.25. The van der Waals surface area contributed by atoms with Gasteiger partial charge in [0.05, 0.1) is 22.9 Å². The van der Waals surface area contributed by atoms with Gasteiger partial charge in [-0.2, -0.15) is 0 Å². The van der Waals surface area contributed by atoms with Gasteiger partial charge in [0.25, 0.3) is 0 Å². The van der Waals surface area contributed by atoms with Crippen LogP contribution in [0, 0.1) is 0 Å². The molecule has 5 heteroatoms. The largest absolute Gasteiger partial charge is 0.483 e. The molecule has 2 saturated heterocycles. The van der Waals surface area contributed by atoms with E-state index in [4.69, 9.17) is 4.74 Å². The van der Waals surface area contributed by atoms with Crippen LogP contribution >= 0.6 is 0 Å². The first-order valence-corrected chi connectivity index (χ1v) is 10.8. The number of rotatable bonds is 1. The molecule has 150 valence electrons. The fourth-order valence-electron chi connectivity index (χ4n) is 5.73.